The minimum absolute atomic E-state index is 0.00694. The Kier molecular flexibility index (Phi) is 2.42. The lowest BCUT2D eigenvalue weighted by atomic mass is 10.0. The van der Waals surface area contributed by atoms with Crippen LogP contribution in [0.2, 0.25) is 0 Å². The van der Waals surface area contributed by atoms with Crippen LogP contribution in [-0.4, -0.2) is 33.6 Å². The summed E-state index contributed by atoms with van der Waals surface area (Å²) in [6.45, 7) is 5.21. The normalized spacial score (nSPS) is 25.5. The molecular weight excluding hydrogens is 212 g/mol. The van der Waals surface area contributed by atoms with E-state index in [0.717, 1.165) is 10.9 Å². The Morgan fingerprint density at radius 1 is 1.60 bits per heavy atom. The zero-order valence-electron chi connectivity index (χ0n) is 8.90. The van der Waals surface area contributed by atoms with Crippen molar-refractivity contribution in [3.05, 3.63) is 11.3 Å². The quantitative estimate of drug-likeness (QED) is 0.672. The summed E-state index contributed by atoms with van der Waals surface area (Å²) in [5.41, 5.74) is 1.39. The molecule has 0 spiro atoms. The molecule has 0 radical (unpaired) electrons. The molecule has 1 unspecified atom stereocenters. The van der Waals surface area contributed by atoms with Gasteiger partial charge in [0, 0.05) is 11.3 Å². The van der Waals surface area contributed by atoms with Crippen molar-refractivity contribution < 1.29 is 9.59 Å². The SMILES string of the molecule is CC(=O)C1=C(C)N=C2SCC(=O)N2C1C. The summed E-state index contributed by atoms with van der Waals surface area (Å²) in [5.74, 6) is 0.465. The van der Waals surface area contributed by atoms with Crippen LogP contribution in [0.1, 0.15) is 20.8 Å². The zero-order valence-corrected chi connectivity index (χ0v) is 9.72. The number of carbonyl (C=O) groups excluding carboxylic acids is 2. The molecule has 1 amide bonds. The molecule has 2 aliphatic rings. The molecule has 0 bridgehead atoms. The lowest BCUT2D eigenvalue weighted by Gasteiger charge is -2.29. The van der Waals surface area contributed by atoms with E-state index >= 15 is 0 Å². The molecule has 1 atom stereocenters. The zero-order chi connectivity index (χ0) is 11.2. The number of aliphatic imine (C=N–C) groups is 1. The maximum atomic E-state index is 11.6. The molecule has 2 aliphatic heterocycles. The lowest BCUT2D eigenvalue weighted by Crippen LogP contribution is -2.42. The van der Waals surface area contributed by atoms with Crippen molar-refractivity contribution in [2.45, 2.75) is 26.8 Å². The van der Waals surface area contributed by atoms with Crippen molar-refractivity contribution in [3.63, 3.8) is 0 Å². The van der Waals surface area contributed by atoms with Gasteiger partial charge in [-0.05, 0) is 20.8 Å². The Hall–Kier alpha value is -1.10. The van der Waals surface area contributed by atoms with Gasteiger partial charge in [0.1, 0.15) is 0 Å². The maximum absolute atomic E-state index is 11.6. The predicted octanol–water partition coefficient (Wildman–Crippen LogP) is 1.18. The van der Waals surface area contributed by atoms with Crippen LogP contribution in [0.25, 0.3) is 0 Å². The Morgan fingerprint density at radius 2 is 2.27 bits per heavy atom. The summed E-state index contributed by atoms with van der Waals surface area (Å²) in [6, 6.07) is -0.169. The molecule has 0 aromatic heterocycles. The van der Waals surface area contributed by atoms with Crippen molar-refractivity contribution in [2.24, 2.45) is 4.99 Å². The first-order valence-electron chi connectivity index (χ1n) is 4.77. The molecule has 0 aromatic carbocycles. The van der Waals surface area contributed by atoms with E-state index in [1.165, 1.54) is 18.7 Å². The molecule has 1 saturated heterocycles. The number of amides is 1. The van der Waals surface area contributed by atoms with Crippen LogP contribution in [0, 0.1) is 0 Å². The average molecular weight is 224 g/mol. The van der Waals surface area contributed by atoms with Crippen molar-refractivity contribution in [1.82, 2.24) is 4.90 Å². The number of allylic oxidation sites excluding steroid dienone is 1. The molecule has 0 N–H and O–H groups in total. The van der Waals surface area contributed by atoms with Gasteiger partial charge >= 0.3 is 0 Å². The van der Waals surface area contributed by atoms with Crippen LogP contribution in [0.5, 0.6) is 0 Å². The van der Waals surface area contributed by atoms with Gasteiger partial charge < -0.3 is 0 Å². The van der Waals surface area contributed by atoms with E-state index in [1.807, 2.05) is 13.8 Å². The van der Waals surface area contributed by atoms with Crippen molar-refractivity contribution >= 4 is 28.6 Å². The van der Waals surface area contributed by atoms with Gasteiger partial charge in [0.25, 0.3) is 0 Å². The first-order valence-corrected chi connectivity index (χ1v) is 5.76. The number of nitrogens with zero attached hydrogens (tertiary/aromatic N) is 2. The average Bonchev–Trinajstić information content (AvgIpc) is 2.46. The second kappa shape index (κ2) is 3.48. The highest BCUT2D eigenvalue weighted by Gasteiger charge is 2.38. The topological polar surface area (TPSA) is 49.7 Å². The number of hydrogen-bond acceptors (Lipinski definition) is 4. The Morgan fingerprint density at radius 3 is 2.87 bits per heavy atom. The number of carbonyl (C=O) groups is 2. The van der Waals surface area contributed by atoms with E-state index < -0.39 is 0 Å². The molecule has 0 saturated carbocycles. The number of amidine groups is 1. The van der Waals surface area contributed by atoms with Crippen LogP contribution >= 0.6 is 11.8 Å². The van der Waals surface area contributed by atoms with Gasteiger partial charge in [-0.3, -0.25) is 14.5 Å². The Balaban J connectivity index is 2.47. The number of ketones is 1. The molecule has 2 heterocycles. The van der Waals surface area contributed by atoms with Crippen LogP contribution in [-0.2, 0) is 9.59 Å². The number of hydrogen-bond donors (Lipinski definition) is 0. The molecule has 0 aromatic rings. The van der Waals surface area contributed by atoms with E-state index in [9.17, 15) is 9.59 Å². The van der Waals surface area contributed by atoms with Gasteiger partial charge in [-0.1, -0.05) is 11.8 Å². The maximum Gasteiger partial charge on any atom is 0.239 e. The monoisotopic (exact) mass is 224 g/mol. The smallest absolute Gasteiger partial charge is 0.239 e. The second-order valence-electron chi connectivity index (χ2n) is 3.68. The fourth-order valence-corrected chi connectivity index (χ4v) is 3.02. The highest BCUT2D eigenvalue weighted by atomic mass is 32.2. The number of fused-ring (bicyclic) bond motifs is 1. The van der Waals surface area contributed by atoms with Crippen LogP contribution in [0.15, 0.2) is 16.3 Å². The predicted molar refractivity (Wildman–Crippen MR) is 59.6 cm³/mol. The standard InChI is InChI=1S/C10H12N2O2S/c1-5-9(7(3)13)6(2)12-8(14)4-15-10(12)11-5/h6H,4H2,1-3H3. The van der Waals surface area contributed by atoms with Gasteiger partial charge in [0.15, 0.2) is 11.0 Å². The van der Waals surface area contributed by atoms with Gasteiger partial charge in [-0.25, -0.2) is 4.99 Å². The fourth-order valence-electron chi connectivity index (χ4n) is 2.02. The molecular formula is C10H12N2O2S. The second-order valence-corrected chi connectivity index (χ2v) is 4.62. The van der Waals surface area contributed by atoms with Crippen LogP contribution in [0.4, 0.5) is 0 Å². The van der Waals surface area contributed by atoms with Crippen molar-refractivity contribution in [2.75, 3.05) is 5.75 Å². The third-order valence-corrected chi connectivity index (χ3v) is 3.57. The fraction of sp³-hybridized carbons (Fsp3) is 0.500. The Bertz CT molecular complexity index is 412. The molecule has 4 nitrogen and oxygen atoms in total. The first-order chi connectivity index (χ1) is 7.02. The molecule has 15 heavy (non-hydrogen) atoms. The van der Waals surface area contributed by atoms with Gasteiger partial charge in [-0.15, -0.1) is 0 Å². The number of thioether (sulfide) groups is 1. The summed E-state index contributed by atoms with van der Waals surface area (Å²) >= 11 is 1.44. The highest BCUT2D eigenvalue weighted by molar-refractivity contribution is 8.15. The highest BCUT2D eigenvalue weighted by Crippen LogP contribution is 2.31. The van der Waals surface area contributed by atoms with Crippen LogP contribution < -0.4 is 0 Å². The molecule has 2 rings (SSSR count). The van der Waals surface area contributed by atoms with Gasteiger partial charge in [-0.2, -0.15) is 0 Å². The third-order valence-electron chi connectivity index (χ3n) is 2.64. The van der Waals surface area contributed by atoms with E-state index in [0.29, 0.717) is 11.3 Å². The summed E-state index contributed by atoms with van der Waals surface area (Å²) < 4.78 is 0. The van der Waals surface area contributed by atoms with E-state index in [2.05, 4.69) is 4.99 Å². The van der Waals surface area contributed by atoms with E-state index in [-0.39, 0.29) is 17.7 Å². The van der Waals surface area contributed by atoms with E-state index in [4.69, 9.17) is 0 Å². The molecule has 80 valence electrons. The lowest BCUT2D eigenvalue weighted by molar-refractivity contribution is -0.125. The molecule has 5 heteroatoms. The summed E-state index contributed by atoms with van der Waals surface area (Å²) in [4.78, 5) is 28.9. The summed E-state index contributed by atoms with van der Waals surface area (Å²) in [6.07, 6.45) is 0. The number of Topliss-reactive ketones (excluding diaryl/α,β-unsaturated/α-hetero) is 1. The van der Waals surface area contributed by atoms with E-state index in [1.54, 1.807) is 4.90 Å². The van der Waals surface area contributed by atoms with Crippen molar-refractivity contribution in [1.29, 1.82) is 0 Å². The van der Waals surface area contributed by atoms with Crippen molar-refractivity contribution in [3.8, 4) is 0 Å². The van der Waals surface area contributed by atoms with Crippen LogP contribution in [0.3, 0.4) is 0 Å². The third kappa shape index (κ3) is 1.51. The van der Waals surface area contributed by atoms with Gasteiger partial charge in [0.2, 0.25) is 5.91 Å². The summed E-state index contributed by atoms with van der Waals surface area (Å²) in [5, 5.41) is 0.731. The summed E-state index contributed by atoms with van der Waals surface area (Å²) in [7, 11) is 0. The minimum Gasteiger partial charge on any atom is -0.295 e. The van der Waals surface area contributed by atoms with Gasteiger partial charge in [0.05, 0.1) is 11.8 Å². The Labute approximate surface area is 92.4 Å². The number of rotatable bonds is 1. The largest absolute Gasteiger partial charge is 0.295 e. The molecule has 0 aliphatic carbocycles. The first kappa shape index (κ1) is 10.4. The molecule has 1 fully saturated rings. The minimum atomic E-state index is -0.169.